The van der Waals surface area contributed by atoms with Crippen LogP contribution in [0.4, 0.5) is 5.69 Å². The summed E-state index contributed by atoms with van der Waals surface area (Å²) in [5.74, 6) is -0.280. The Labute approximate surface area is 129 Å². The number of anilines is 1. The van der Waals surface area contributed by atoms with Crippen LogP contribution in [0.2, 0.25) is 0 Å². The van der Waals surface area contributed by atoms with Gasteiger partial charge in [-0.3, -0.25) is 14.3 Å². The zero-order chi connectivity index (χ0) is 16.1. The Morgan fingerprint density at radius 2 is 1.86 bits per heavy atom. The quantitative estimate of drug-likeness (QED) is 0.885. The maximum atomic E-state index is 12.0. The third-order valence-electron chi connectivity index (χ3n) is 3.18. The average molecular weight is 300 g/mol. The van der Waals surface area contributed by atoms with Crippen molar-refractivity contribution in [2.24, 2.45) is 0 Å². The van der Waals surface area contributed by atoms with E-state index < -0.39 is 0 Å². The molecular formula is C16H20N4O2. The van der Waals surface area contributed by atoms with Gasteiger partial charge in [0, 0.05) is 30.4 Å². The van der Waals surface area contributed by atoms with Gasteiger partial charge in [-0.05, 0) is 44.2 Å². The number of hydrogen-bond acceptors (Lipinski definition) is 3. The number of hydrogen-bond donors (Lipinski definition) is 2. The van der Waals surface area contributed by atoms with Gasteiger partial charge < -0.3 is 10.6 Å². The second kappa shape index (κ2) is 6.89. The minimum atomic E-state index is -0.143. The monoisotopic (exact) mass is 300 g/mol. The van der Waals surface area contributed by atoms with Gasteiger partial charge in [-0.25, -0.2) is 0 Å². The molecule has 1 aromatic heterocycles. The summed E-state index contributed by atoms with van der Waals surface area (Å²) in [6.45, 7) is 6.52. The molecule has 2 amide bonds. The molecule has 1 aromatic carbocycles. The molecule has 0 aliphatic heterocycles. The number of amides is 2. The fourth-order valence-corrected chi connectivity index (χ4v) is 2.19. The summed E-state index contributed by atoms with van der Waals surface area (Å²) in [6.07, 6.45) is 0. The first-order chi connectivity index (χ1) is 10.5. The maximum absolute atomic E-state index is 12.0. The normalized spacial score (nSPS) is 10.3. The van der Waals surface area contributed by atoms with E-state index in [2.05, 4.69) is 15.7 Å². The van der Waals surface area contributed by atoms with Gasteiger partial charge in [0.25, 0.3) is 5.91 Å². The molecule has 0 radical (unpaired) electrons. The molecular weight excluding hydrogens is 280 g/mol. The number of aromatic nitrogens is 2. The molecule has 22 heavy (non-hydrogen) atoms. The molecule has 0 unspecified atom stereocenters. The average Bonchev–Trinajstić information content (AvgIpc) is 2.77. The first-order valence-corrected chi connectivity index (χ1v) is 7.12. The molecule has 0 aliphatic rings. The summed E-state index contributed by atoms with van der Waals surface area (Å²) in [5.41, 5.74) is 3.28. The van der Waals surface area contributed by atoms with E-state index >= 15 is 0 Å². The summed E-state index contributed by atoms with van der Waals surface area (Å²) in [4.78, 5) is 23.0. The standard InChI is InChI=1S/C16H20N4O2/c1-11-10-12(2)20(19-11)9-8-17-16(22)14-4-6-15(7-5-14)18-13(3)21/h4-7,10H,8-9H2,1-3H3,(H,17,22)(H,18,21). The summed E-state index contributed by atoms with van der Waals surface area (Å²) in [7, 11) is 0. The van der Waals surface area contributed by atoms with Crippen molar-refractivity contribution in [2.75, 3.05) is 11.9 Å². The predicted molar refractivity (Wildman–Crippen MR) is 84.8 cm³/mol. The lowest BCUT2D eigenvalue weighted by molar-refractivity contribution is -0.114. The lowest BCUT2D eigenvalue weighted by Gasteiger charge is -2.08. The van der Waals surface area contributed by atoms with E-state index in [1.807, 2.05) is 24.6 Å². The fourth-order valence-electron chi connectivity index (χ4n) is 2.19. The molecule has 6 heteroatoms. The summed E-state index contributed by atoms with van der Waals surface area (Å²) in [5, 5.41) is 9.86. The lowest BCUT2D eigenvalue weighted by Crippen LogP contribution is -2.27. The largest absolute Gasteiger partial charge is 0.350 e. The highest BCUT2D eigenvalue weighted by molar-refractivity contribution is 5.95. The predicted octanol–water partition coefficient (Wildman–Crippen LogP) is 1.89. The topological polar surface area (TPSA) is 76.0 Å². The van der Waals surface area contributed by atoms with Gasteiger partial charge in [0.05, 0.1) is 12.2 Å². The van der Waals surface area contributed by atoms with Crippen LogP contribution in [-0.2, 0) is 11.3 Å². The number of carbonyl (C=O) groups is 2. The van der Waals surface area contributed by atoms with E-state index in [-0.39, 0.29) is 11.8 Å². The SMILES string of the molecule is CC(=O)Nc1ccc(C(=O)NCCn2nc(C)cc2C)cc1. The first-order valence-electron chi connectivity index (χ1n) is 7.12. The molecule has 6 nitrogen and oxygen atoms in total. The van der Waals surface area contributed by atoms with Crippen LogP contribution in [0.25, 0.3) is 0 Å². The van der Waals surface area contributed by atoms with Crippen molar-refractivity contribution in [3.05, 3.63) is 47.3 Å². The van der Waals surface area contributed by atoms with Crippen molar-refractivity contribution >= 4 is 17.5 Å². The van der Waals surface area contributed by atoms with Crippen LogP contribution < -0.4 is 10.6 Å². The Kier molecular flexibility index (Phi) is 4.93. The molecule has 2 aromatic rings. The van der Waals surface area contributed by atoms with Crippen LogP contribution >= 0.6 is 0 Å². The molecule has 0 bridgehead atoms. The summed E-state index contributed by atoms with van der Waals surface area (Å²) >= 11 is 0. The lowest BCUT2D eigenvalue weighted by atomic mass is 10.2. The Balaban J connectivity index is 1.87. The highest BCUT2D eigenvalue weighted by Gasteiger charge is 2.06. The highest BCUT2D eigenvalue weighted by atomic mass is 16.2. The molecule has 2 N–H and O–H groups in total. The minimum absolute atomic E-state index is 0.137. The number of nitrogens with zero attached hydrogens (tertiary/aromatic N) is 2. The van der Waals surface area contributed by atoms with Gasteiger partial charge in [-0.2, -0.15) is 5.10 Å². The van der Waals surface area contributed by atoms with Crippen LogP contribution in [-0.4, -0.2) is 28.1 Å². The number of nitrogens with one attached hydrogen (secondary N) is 2. The molecule has 0 saturated heterocycles. The van der Waals surface area contributed by atoms with Gasteiger partial charge in [0.15, 0.2) is 0 Å². The number of rotatable bonds is 5. The van der Waals surface area contributed by atoms with Crippen molar-refractivity contribution in [2.45, 2.75) is 27.3 Å². The maximum Gasteiger partial charge on any atom is 0.251 e. The van der Waals surface area contributed by atoms with Crippen molar-refractivity contribution in [1.29, 1.82) is 0 Å². The molecule has 0 atom stereocenters. The van der Waals surface area contributed by atoms with Gasteiger partial charge in [-0.1, -0.05) is 0 Å². The van der Waals surface area contributed by atoms with Gasteiger partial charge >= 0.3 is 0 Å². The molecule has 0 fully saturated rings. The third kappa shape index (κ3) is 4.18. The number of benzene rings is 1. The Bertz CT molecular complexity index is 674. The van der Waals surface area contributed by atoms with Crippen molar-refractivity contribution in [1.82, 2.24) is 15.1 Å². The van der Waals surface area contributed by atoms with Crippen LogP contribution in [0.3, 0.4) is 0 Å². The molecule has 1 heterocycles. The van der Waals surface area contributed by atoms with Crippen molar-refractivity contribution in [3.8, 4) is 0 Å². The van der Waals surface area contributed by atoms with Crippen LogP contribution in [0.15, 0.2) is 30.3 Å². The fraction of sp³-hybridized carbons (Fsp3) is 0.312. The Morgan fingerprint density at radius 3 is 2.41 bits per heavy atom. The molecule has 2 rings (SSSR count). The smallest absolute Gasteiger partial charge is 0.251 e. The second-order valence-electron chi connectivity index (χ2n) is 5.16. The van der Waals surface area contributed by atoms with Crippen LogP contribution in [0, 0.1) is 13.8 Å². The van der Waals surface area contributed by atoms with Crippen molar-refractivity contribution < 1.29 is 9.59 Å². The first kappa shape index (κ1) is 15.8. The zero-order valence-electron chi connectivity index (χ0n) is 13.0. The van der Waals surface area contributed by atoms with Gasteiger partial charge in [0.2, 0.25) is 5.91 Å². The van der Waals surface area contributed by atoms with E-state index in [1.54, 1.807) is 24.3 Å². The second-order valence-corrected chi connectivity index (χ2v) is 5.16. The Morgan fingerprint density at radius 1 is 1.18 bits per heavy atom. The van der Waals surface area contributed by atoms with E-state index in [0.717, 1.165) is 11.4 Å². The number of aryl methyl sites for hydroxylation is 2. The molecule has 0 spiro atoms. The van der Waals surface area contributed by atoms with E-state index in [0.29, 0.717) is 24.3 Å². The molecule has 116 valence electrons. The minimum Gasteiger partial charge on any atom is -0.350 e. The Hall–Kier alpha value is -2.63. The van der Waals surface area contributed by atoms with Gasteiger partial charge in [-0.15, -0.1) is 0 Å². The third-order valence-corrected chi connectivity index (χ3v) is 3.18. The molecule has 0 aliphatic carbocycles. The summed E-state index contributed by atoms with van der Waals surface area (Å²) in [6, 6.07) is 8.78. The molecule has 0 saturated carbocycles. The highest BCUT2D eigenvalue weighted by Crippen LogP contribution is 2.09. The van der Waals surface area contributed by atoms with Crippen LogP contribution in [0.1, 0.15) is 28.7 Å². The van der Waals surface area contributed by atoms with Crippen molar-refractivity contribution in [3.63, 3.8) is 0 Å². The van der Waals surface area contributed by atoms with E-state index in [4.69, 9.17) is 0 Å². The van der Waals surface area contributed by atoms with E-state index in [9.17, 15) is 9.59 Å². The number of carbonyl (C=O) groups excluding carboxylic acids is 2. The zero-order valence-corrected chi connectivity index (χ0v) is 13.0. The van der Waals surface area contributed by atoms with E-state index in [1.165, 1.54) is 6.92 Å². The van der Waals surface area contributed by atoms with Gasteiger partial charge in [0.1, 0.15) is 0 Å². The summed E-state index contributed by atoms with van der Waals surface area (Å²) < 4.78 is 1.87. The van der Waals surface area contributed by atoms with Crippen LogP contribution in [0.5, 0.6) is 0 Å².